The average molecular weight is 322 g/mol. The predicted molar refractivity (Wildman–Crippen MR) is 82.3 cm³/mol. The molecule has 0 aromatic heterocycles. The Hall–Kier alpha value is -2.12. The number of hydrogen-bond acceptors (Lipinski definition) is 5. The number of hydroxylamine groups is 2. The van der Waals surface area contributed by atoms with Crippen LogP contribution in [0.15, 0.2) is 30.3 Å². The molecule has 7 nitrogen and oxygen atoms in total. The van der Waals surface area contributed by atoms with E-state index in [1.54, 1.807) is 7.05 Å². The van der Waals surface area contributed by atoms with Gasteiger partial charge in [0.2, 0.25) is 0 Å². The normalized spacial score (nSPS) is 20.1. The third kappa shape index (κ3) is 4.20. The highest BCUT2D eigenvalue weighted by Gasteiger charge is 2.40. The molecule has 7 heteroatoms. The average Bonchev–Trinajstić information content (AvgIpc) is 3.08. The third-order valence-electron chi connectivity index (χ3n) is 3.94. The zero-order valence-electron chi connectivity index (χ0n) is 13.6. The Labute approximate surface area is 135 Å². The maximum atomic E-state index is 12.2. The minimum Gasteiger partial charge on any atom is -0.445 e. The SMILES string of the molecule is CON(C)C(=O)C1COCC1N(C)C(=O)OCc1ccccc1. The van der Waals surface area contributed by atoms with Gasteiger partial charge in [-0.05, 0) is 5.56 Å². The van der Waals surface area contributed by atoms with Crippen molar-refractivity contribution in [3.63, 3.8) is 0 Å². The molecule has 1 saturated heterocycles. The highest BCUT2D eigenvalue weighted by atomic mass is 16.7. The van der Waals surface area contributed by atoms with Crippen LogP contribution in [0.4, 0.5) is 4.79 Å². The van der Waals surface area contributed by atoms with Gasteiger partial charge in [-0.1, -0.05) is 30.3 Å². The molecule has 1 aliphatic rings. The summed E-state index contributed by atoms with van der Waals surface area (Å²) < 4.78 is 10.7. The van der Waals surface area contributed by atoms with E-state index in [1.165, 1.54) is 19.1 Å². The van der Waals surface area contributed by atoms with Gasteiger partial charge in [0.1, 0.15) is 6.61 Å². The first-order valence-corrected chi connectivity index (χ1v) is 7.37. The van der Waals surface area contributed by atoms with Crippen molar-refractivity contribution in [3.8, 4) is 0 Å². The Morgan fingerprint density at radius 2 is 1.91 bits per heavy atom. The highest BCUT2D eigenvalue weighted by molar-refractivity contribution is 5.80. The summed E-state index contributed by atoms with van der Waals surface area (Å²) in [5, 5.41) is 1.15. The van der Waals surface area contributed by atoms with Crippen LogP contribution in [0.3, 0.4) is 0 Å². The van der Waals surface area contributed by atoms with Gasteiger partial charge in [0, 0.05) is 14.1 Å². The second-order valence-electron chi connectivity index (χ2n) is 5.38. The Morgan fingerprint density at radius 3 is 2.57 bits per heavy atom. The molecule has 1 heterocycles. The lowest BCUT2D eigenvalue weighted by molar-refractivity contribution is -0.174. The van der Waals surface area contributed by atoms with Crippen molar-refractivity contribution in [2.24, 2.45) is 5.92 Å². The lowest BCUT2D eigenvalue weighted by atomic mass is 10.0. The summed E-state index contributed by atoms with van der Waals surface area (Å²) in [5.41, 5.74) is 0.906. The highest BCUT2D eigenvalue weighted by Crippen LogP contribution is 2.21. The molecule has 0 radical (unpaired) electrons. The summed E-state index contributed by atoms with van der Waals surface area (Å²) in [5.74, 6) is -0.688. The number of rotatable bonds is 5. The number of carbonyl (C=O) groups is 2. The van der Waals surface area contributed by atoms with Crippen LogP contribution < -0.4 is 0 Å². The standard InChI is InChI=1S/C16H22N2O5/c1-17(16(20)23-9-12-7-5-4-6-8-12)14-11-22-10-13(14)15(19)18(2)21-3/h4-8,13-14H,9-11H2,1-3H3. The lowest BCUT2D eigenvalue weighted by Crippen LogP contribution is -2.47. The van der Waals surface area contributed by atoms with Gasteiger partial charge in [-0.15, -0.1) is 0 Å². The molecule has 1 aromatic carbocycles. The largest absolute Gasteiger partial charge is 0.445 e. The van der Waals surface area contributed by atoms with E-state index in [4.69, 9.17) is 14.3 Å². The maximum Gasteiger partial charge on any atom is 0.410 e. The first kappa shape index (κ1) is 17.2. The van der Waals surface area contributed by atoms with Gasteiger partial charge in [0.05, 0.1) is 32.3 Å². The molecular weight excluding hydrogens is 300 g/mol. The molecule has 1 fully saturated rings. The van der Waals surface area contributed by atoms with E-state index in [2.05, 4.69) is 0 Å². The van der Waals surface area contributed by atoms with Gasteiger partial charge >= 0.3 is 6.09 Å². The fourth-order valence-electron chi connectivity index (χ4n) is 2.44. The molecule has 2 rings (SSSR count). The van der Waals surface area contributed by atoms with Gasteiger partial charge in [-0.2, -0.15) is 0 Å². The molecule has 2 amide bonds. The maximum absolute atomic E-state index is 12.2. The fourth-order valence-corrected chi connectivity index (χ4v) is 2.44. The van der Waals surface area contributed by atoms with E-state index in [1.807, 2.05) is 30.3 Å². The minimum absolute atomic E-state index is 0.189. The molecule has 126 valence electrons. The third-order valence-corrected chi connectivity index (χ3v) is 3.94. The van der Waals surface area contributed by atoms with Crippen LogP contribution in [0.2, 0.25) is 0 Å². The van der Waals surface area contributed by atoms with Crippen molar-refractivity contribution >= 4 is 12.0 Å². The summed E-state index contributed by atoms with van der Waals surface area (Å²) in [6.45, 7) is 0.743. The van der Waals surface area contributed by atoms with Crippen LogP contribution in [-0.4, -0.2) is 62.4 Å². The monoisotopic (exact) mass is 322 g/mol. The van der Waals surface area contributed by atoms with E-state index in [0.717, 1.165) is 10.6 Å². The lowest BCUT2D eigenvalue weighted by Gasteiger charge is -2.28. The number of ether oxygens (including phenoxy) is 2. The van der Waals surface area contributed by atoms with Gasteiger partial charge in [-0.25, -0.2) is 9.86 Å². The number of likely N-dealkylation sites (N-methyl/N-ethyl adjacent to an activating group) is 1. The molecule has 1 aromatic rings. The predicted octanol–water partition coefficient (Wildman–Crippen LogP) is 1.29. The Morgan fingerprint density at radius 1 is 1.22 bits per heavy atom. The molecular formula is C16H22N2O5. The minimum atomic E-state index is -0.484. The Bertz CT molecular complexity index is 537. The number of hydrogen-bond donors (Lipinski definition) is 0. The molecule has 2 unspecified atom stereocenters. The molecule has 0 saturated carbocycles. The summed E-state index contributed by atoms with van der Waals surface area (Å²) in [7, 11) is 4.56. The van der Waals surface area contributed by atoms with E-state index in [0.29, 0.717) is 6.61 Å². The topological polar surface area (TPSA) is 68.3 Å². The fraction of sp³-hybridized carbons (Fsp3) is 0.500. The zero-order chi connectivity index (χ0) is 16.8. The van der Waals surface area contributed by atoms with E-state index in [-0.39, 0.29) is 25.2 Å². The first-order valence-electron chi connectivity index (χ1n) is 7.37. The van der Waals surface area contributed by atoms with Crippen LogP contribution in [0.5, 0.6) is 0 Å². The molecule has 0 aliphatic carbocycles. The van der Waals surface area contributed by atoms with E-state index >= 15 is 0 Å². The molecule has 2 atom stereocenters. The van der Waals surface area contributed by atoms with Gasteiger partial charge in [-0.3, -0.25) is 9.63 Å². The van der Waals surface area contributed by atoms with Crippen molar-refractivity contribution in [1.82, 2.24) is 9.96 Å². The second-order valence-corrected chi connectivity index (χ2v) is 5.38. The van der Waals surface area contributed by atoms with Crippen molar-refractivity contribution < 1.29 is 23.9 Å². The van der Waals surface area contributed by atoms with Crippen molar-refractivity contribution in [2.75, 3.05) is 34.4 Å². The summed E-state index contributed by atoms with van der Waals surface area (Å²) in [6, 6.07) is 9.05. The number of nitrogens with zero attached hydrogens (tertiary/aromatic N) is 2. The number of amides is 2. The number of benzene rings is 1. The van der Waals surface area contributed by atoms with E-state index in [9.17, 15) is 9.59 Å². The second kappa shape index (κ2) is 7.94. The molecule has 0 spiro atoms. The van der Waals surface area contributed by atoms with Gasteiger partial charge < -0.3 is 14.4 Å². The molecule has 1 aliphatic heterocycles. The summed E-state index contributed by atoms with van der Waals surface area (Å²) in [4.78, 5) is 30.8. The van der Waals surface area contributed by atoms with Gasteiger partial charge in [0.25, 0.3) is 5.91 Å². The van der Waals surface area contributed by atoms with Crippen LogP contribution in [0.1, 0.15) is 5.56 Å². The quantitative estimate of drug-likeness (QED) is 0.764. The van der Waals surface area contributed by atoms with Crippen LogP contribution in [-0.2, 0) is 25.7 Å². The van der Waals surface area contributed by atoms with Crippen LogP contribution >= 0.6 is 0 Å². The summed E-state index contributed by atoms with van der Waals surface area (Å²) in [6.07, 6.45) is -0.484. The van der Waals surface area contributed by atoms with Crippen molar-refractivity contribution in [3.05, 3.63) is 35.9 Å². The summed E-state index contributed by atoms with van der Waals surface area (Å²) >= 11 is 0. The van der Waals surface area contributed by atoms with Crippen LogP contribution in [0, 0.1) is 5.92 Å². The van der Waals surface area contributed by atoms with E-state index < -0.39 is 12.0 Å². The zero-order valence-corrected chi connectivity index (χ0v) is 13.6. The number of carbonyl (C=O) groups excluding carboxylic acids is 2. The van der Waals surface area contributed by atoms with Gasteiger partial charge in [0.15, 0.2) is 0 Å². The smallest absolute Gasteiger partial charge is 0.410 e. The van der Waals surface area contributed by atoms with Crippen LogP contribution in [0.25, 0.3) is 0 Å². The van der Waals surface area contributed by atoms with Crippen molar-refractivity contribution in [2.45, 2.75) is 12.6 Å². The first-order chi connectivity index (χ1) is 11.0. The Kier molecular flexibility index (Phi) is 5.95. The van der Waals surface area contributed by atoms with Crippen molar-refractivity contribution in [1.29, 1.82) is 0 Å². The molecule has 0 N–H and O–H groups in total. The Balaban J connectivity index is 1.93. The molecule has 0 bridgehead atoms. The molecule has 23 heavy (non-hydrogen) atoms.